The van der Waals surface area contributed by atoms with E-state index in [1.165, 1.54) is 18.6 Å². The highest BCUT2D eigenvalue weighted by atomic mass is 16.3. The number of carbonyl (C=O) groups excluding carboxylic acids is 4. The molecular weight excluding hydrogens is 831 g/mol. The number of rotatable bonds is 32. The number of aromatic amines is 1. The maximum absolute atomic E-state index is 14.7. The summed E-state index contributed by atoms with van der Waals surface area (Å²) in [6.45, 7) is 6.06. The summed E-state index contributed by atoms with van der Waals surface area (Å²) in [6.07, 6.45) is 14.3. The number of fused-ring (bicyclic) bond motifs is 1. The van der Waals surface area contributed by atoms with Gasteiger partial charge < -0.3 is 48.1 Å². The van der Waals surface area contributed by atoms with E-state index in [9.17, 15) is 24.3 Å². The summed E-state index contributed by atoms with van der Waals surface area (Å²) in [4.78, 5) is 66.9. The fraction of sp³-hybridized carbons (Fsp3) is 0.519. The van der Waals surface area contributed by atoms with Gasteiger partial charge in [-0.15, -0.1) is 0 Å². The molecular formula is C52H77N9O5. The zero-order valence-corrected chi connectivity index (χ0v) is 39.6. The average Bonchev–Trinajstić information content (AvgIpc) is 3.70. The first kappa shape index (κ1) is 52.7. The van der Waals surface area contributed by atoms with Gasteiger partial charge in [0.25, 0.3) is 0 Å². The number of nitrogens with two attached hydrogens (primary N) is 3. The molecule has 5 unspecified atom stereocenters. The summed E-state index contributed by atoms with van der Waals surface area (Å²) in [7, 11) is 2.07. The van der Waals surface area contributed by atoms with Gasteiger partial charge >= 0.3 is 0 Å². The van der Waals surface area contributed by atoms with Crippen molar-refractivity contribution in [1.82, 2.24) is 25.8 Å². The minimum atomic E-state index is -1.12. The predicted octanol–water partition coefficient (Wildman–Crippen LogP) is 6.39. The lowest BCUT2D eigenvalue weighted by Crippen LogP contribution is -2.57. The molecule has 5 atom stereocenters. The Hall–Kier alpha value is -5.89. The quantitative estimate of drug-likeness (QED) is 0.0155. The zero-order valence-electron chi connectivity index (χ0n) is 39.6. The van der Waals surface area contributed by atoms with Crippen LogP contribution in [0.1, 0.15) is 114 Å². The Morgan fingerprint density at radius 3 is 1.97 bits per heavy atom. The molecule has 0 aliphatic carbocycles. The summed E-state index contributed by atoms with van der Waals surface area (Å²) in [5.74, 6) is -3.70. The van der Waals surface area contributed by atoms with Gasteiger partial charge in [-0.05, 0) is 87.0 Å². The molecule has 0 aliphatic heterocycles. The first-order valence-corrected chi connectivity index (χ1v) is 24.2. The molecule has 0 radical (unpaired) electrons. The van der Waals surface area contributed by atoms with Crippen LogP contribution in [0, 0.1) is 11.8 Å². The van der Waals surface area contributed by atoms with Crippen molar-refractivity contribution in [2.24, 2.45) is 34.0 Å². The van der Waals surface area contributed by atoms with Crippen LogP contribution in [0.25, 0.3) is 10.9 Å². The van der Waals surface area contributed by atoms with Gasteiger partial charge in [0.15, 0.2) is 5.96 Å². The smallest absolute Gasteiger partial charge is 0.243 e. The molecule has 0 saturated carbocycles. The second kappa shape index (κ2) is 28.9. The lowest BCUT2D eigenvalue weighted by Gasteiger charge is -2.29. The standard InChI is InChI=1S/C52H77N9O5/c1-4-6-8-10-11-15-23-43(48(53)63)44(32-38-26-28-41(62)29-27-38)49(64)60-47(33-37-20-13-12-14-21-37)51(66)59-46(25-19-30-56-52(54)55)50(65)58-40(36-61(3)31-18-9-7-5-2)34-39-35-57-45-24-17-16-22-42(39)45/h12-14,16-17,20-22,24,26-29,35,40,43-44,46-47,57,62H,4-11,15,18-19,23,25,30-34,36H2,1-3H3,(H2,53,63)(H,58,65)(H,59,66)(H,60,64)(H4,54,55,56). The van der Waals surface area contributed by atoms with Gasteiger partial charge in [-0.3, -0.25) is 24.2 Å². The van der Waals surface area contributed by atoms with Crippen molar-refractivity contribution in [3.05, 3.63) is 102 Å². The first-order chi connectivity index (χ1) is 31.9. The highest BCUT2D eigenvalue weighted by molar-refractivity contribution is 5.94. The lowest BCUT2D eigenvalue weighted by atomic mass is 9.81. The van der Waals surface area contributed by atoms with Crippen LogP contribution < -0.4 is 33.2 Å². The number of unbranched alkanes of at least 4 members (excludes halogenated alkanes) is 8. The second-order valence-corrected chi connectivity index (χ2v) is 17.9. The van der Waals surface area contributed by atoms with Crippen molar-refractivity contribution in [2.45, 2.75) is 135 Å². The highest BCUT2D eigenvalue weighted by Gasteiger charge is 2.36. The third-order valence-corrected chi connectivity index (χ3v) is 12.4. The summed E-state index contributed by atoms with van der Waals surface area (Å²) in [5, 5.41) is 20.4. The van der Waals surface area contributed by atoms with E-state index in [1.807, 2.05) is 54.7 Å². The third kappa shape index (κ3) is 18.5. The summed E-state index contributed by atoms with van der Waals surface area (Å²) in [6, 6.07) is 21.5. The van der Waals surface area contributed by atoms with E-state index in [2.05, 4.69) is 57.8 Å². The molecule has 360 valence electrons. The minimum Gasteiger partial charge on any atom is -0.508 e. The number of aromatic hydroxyl groups is 1. The minimum absolute atomic E-state index is 0.0703. The van der Waals surface area contributed by atoms with Crippen LogP contribution in [0.5, 0.6) is 5.75 Å². The number of likely N-dealkylation sites (N-methyl/N-ethyl adjacent to an activating group) is 1. The van der Waals surface area contributed by atoms with Gasteiger partial charge in [-0.25, -0.2) is 0 Å². The number of primary amides is 1. The van der Waals surface area contributed by atoms with Crippen molar-refractivity contribution in [3.8, 4) is 5.75 Å². The Labute approximate surface area is 392 Å². The Bertz CT molecular complexity index is 2090. The SMILES string of the molecule is CCCCCCCCC(C(N)=O)C(Cc1ccc(O)cc1)C(=O)NC(Cc1ccccc1)C(=O)NC(CCCN=C(N)N)C(=O)NC(Cc1c[nH]c2ccccc12)CN(C)CCCCCC. The molecule has 66 heavy (non-hydrogen) atoms. The number of H-pyrrole nitrogens is 1. The fourth-order valence-electron chi connectivity index (χ4n) is 8.68. The average molecular weight is 908 g/mol. The number of benzene rings is 3. The molecule has 0 bridgehead atoms. The molecule has 0 saturated heterocycles. The Balaban J connectivity index is 1.63. The molecule has 4 rings (SSSR count). The molecule has 0 spiro atoms. The number of para-hydroxylation sites is 1. The van der Waals surface area contributed by atoms with Crippen molar-refractivity contribution in [1.29, 1.82) is 0 Å². The zero-order chi connectivity index (χ0) is 47.7. The summed E-state index contributed by atoms with van der Waals surface area (Å²) >= 11 is 0. The van der Waals surface area contributed by atoms with Gasteiger partial charge in [-0.1, -0.05) is 132 Å². The number of hydrogen-bond donors (Lipinski definition) is 8. The first-order valence-electron chi connectivity index (χ1n) is 24.2. The molecule has 14 heteroatoms. The number of hydrogen-bond acceptors (Lipinski definition) is 7. The number of phenolic OH excluding ortho intramolecular Hbond substituents is 1. The predicted molar refractivity (Wildman–Crippen MR) is 265 cm³/mol. The normalized spacial score (nSPS) is 13.6. The molecule has 14 nitrogen and oxygen atoms in total. The highest BCUT2D eigenvalue weighted by Crippen LogP contribution is 2.26. The lowest BCUT2D eigenvalue weighted by molar-refractivity contribution is -0.136. The largest absolute Gasteiger partial charge is 0.508 e. The Morgan fingerprint density at radius 2 is 1.27 bits per heavy atom. The molecule has 4 amide bonds. The van der Waals surface area contributed by atoms with Crippen LogP contribution in [0.3, 0.4) is 0 Å². The van der Waals surface area contributed by atoms with E-state index in [0.717, 1.165) is 91.9 Å². The van der Waals surface area contributed by atoms with Gasteiger partial charge in [-0.2, -0.15) is 0 Å². The number of nitrogens with one attached hydrogen (secondary N) is 4. The number of amides is 4. The van der Waals surface area contributed by atoms with Gasteiger partial charge in [0.2, 0.25) is 23.6 Å². The van der Waals surface area contributed by atoms with Crippen LogP contribution in [0.15, 0.2) is 90.1 Å². The number of carbonyl (C=O) groups is 4. The van der Waals surface area contributed by atoms with Gasteiger partial charge in [0.1, 0.15) is 17.8 Å². The molecule has 11 N–H and O–H groups in total. The number of nitrogens with zero attached hydrogens (tertiary/aromatic N) is 2. The number of aliphatic imine (C=N–C) groups is 1. The van der Waals surface area contributed by atoms with Crippen molar-refractivity contribution < 1.29 is 24.3 Å². The van der Waals surface area contributed by atoms with Crippen LogP contribution in [-0.2, 0) is 38.4 Å². The maximum atomic E-state index is 14.7. The number of phenols is 1. The fourth-order valence-corrected chi connectivity index (χ4v) is 8.68. The summed E-state index contributed by atoms with van der Waals surface area (Å²) < 4.78 is 0. The molecule has 1 heterocycles. The van der Waals surface area contributed by atoms with E-state index < -0.39 is 41.6 Å². The second-order valence-electron chi connectivity index (χ2n) is 17.9. The van der Waals surface area contributed by atoms with Crippen LogP contribution >= 0.6 is 0 Å². The van der Waals surface area contributed by atoms with Crippen LogP contribution in [-0.4, -0.2) is 89.4 Å². The monoisotopic (exact) mass is 908 g/mol. The van der Waals surface area contributed by atoms with E-state index in [1.54, 1.807) is 12.1 Å². The van der Waals surface area contributed by atoms with Crippen molar-refractivity contribution in [2.75, 3.05) is 26.7 Å². The van der Waals surface area contributed by atoms with E-state index >= 15 is 0 Å². The van der Waals surface area contributed by atoms with Gasteiger partial charge in [0, 0.05) is 48.6 Å². The topological polar surface area (TPSA) is 234 Å². The molecule has 0 fully saturated rings. The van der Waals surface area contributed by atoms with Crippen LogP contribution in [0.2, 0.25) is 0 Å². The molecule has 3 aromatic carbocycles. The Kier molecular flexibility index (Phi) is 23.1. The Morgan fingerprint density at radius 1 is 0.652 bits per heavy atom. The summed E-state index contributed by atoms with van der Waals surface area (Å²) in [5.41, 5.74) is 21.0. The molecule has 4 aromatic rings. The van der Waals surface area contributed by atoms with E-state index in [4.69, 9.17) is 17.2 Å². The van der Waals surface area contributed by atoms with Crippen LogP contribution in [0.4, 0.5) is 0 Å². The third-order valence-electron chi connectivity index (χ3n) is 12.4. The van der Waals surface area contributed by atoms with Crippen molar-refractivity contribution >= 4 is 40.5 Å². The number of guanidine groups is 1. The molecule has 0 aliphatic rings. The number of aromatic nitrogens is 1. The van der Waals surface area contributed by atoms with E-state index in [0.29, 0.717) is 25.8 Å². The van der Waals surface area contributed by atoms with Crippen molar-refractivity contribution in [3.63, 3.8) is 0 Å². The maximum Gasteiger partial charge on any atom is 0.243 e. The van der Waals surface area contributed by atoms with E-state index in [-0.39, 0.29) is 49.5 Å². The van der Waals surface area contributed by atoms with Gasteiger partial charge in [0.05, 0.1) is 5.92 Å². The molecule has 1 aromatic heterocycles.